The van der Waals surface area contributed by atoms with Gasteiger partial charge >= 0.3 is 23.9 Å². The predicted octanol–water partition coefficient (Wildman–Crippen LogP) is -0.428. The van der Waals surface area contributed by atoms with Crippen LogP contribution in [-0.2, 0) is 19.2 Å². The fourth-order valence-electron chi connectivity index (χ4n) is 3.09. The van der Waals surface area contributed by atoms with E-state index in [1.165, 1.54) is 12.1 Å². The number of carboxylic acid groups (broad SMARTS) is 4. The Bertz CT molecular complexity index is 931. The number of anilines is 2. The number of rotatable bonds is 15. The van der Waals surface area contributed by atoms with Gasteiger partial charge < -0.3 is 39.7 Å². The summed E-state index contributed by atoms with van der Waals surface area (Å²) in [6.45, 7) is -2.20. The monoisotopic (exact) mass is 632 g/mol. The molecule has 12 nitrogen and oxygen atoms in total. The van der Waals surface area contributed by atoms with Gasteiger partial charge in [-0.2, -0.15) is 0 Å². The van der Waals surface area contributed by atoms with E-state index in [4.69, 9.17) is 29.9 Å². The minimum absolute atomic E-state index is 0. The molecule has 0 saturated carbocycles. The topological polar surface area (TPSA) is 174 Å². The molecule has 0 aromatic heterocycles. The van der Waals surface area contributed by atoms with Crippen molar-refractivity contribution in [1.29, 1.82) is 0 Å². The summed E-state index contributed by atoms with van der Waals surface area (Å²) in [5.41, 5.74) is 0.559. The van der Waals surface area contributed by atoms with Crippen LogP contribution in [0.25, 0.3) is 0 Å². The summed E-state index contributed by atoms with van der Waals surface area (Å²) in [6, 6.07) is 12.7. The van der Waals surface area contributed by atoms with Crippen molar-refractivity contribution in [3.8, 4) is 11.5 Å². The van der Waals surface area contributed by atoms with E-state index in [9.17, 15) is 19.2 Å². The average molecular weight is 633 g/mol. The van der Waals surface area contributed by atoms with Gasteiger partial charge in [0, 0.05) is 206 Å². The standard InChI is InChI=1S/C22H24N2O10.4K/c25-19(26)11-23(12-20(27)28)15-5-1-3-7-17(15)33-9-10-34-18-8-4-2-6-16(18)24(13-21(29)30)14-22(31)32;;;;/h1-8H,9-14H2,(H,25,26)(H,27,28)(H,29,30)(H,31,32);;;;. The average Bonchev–Trinajstić information content (AvgIpc) is 2.75. The summed E-state index contributed by atoms with van der Waals surface area (Å²) in [5, 5.41) is 36.4. The van der Waals surface area contributed by atoms with Gasteiger partial charge in [0.2, 0.25) is 0 Å². The van der Waals surface area contributed by atoms with Crippen LogP contribution in [0, 0.1) is 0 Å². The zero-order valence-electron chi connectivity index (χ0n) is 22.0. The van der Waals surface area contributed by atoms with Crippen LogP contribution in [0.1, 0.15) is 0 Å². The van der Waals surface area contributed by atoms with Crippen molar-refractivity contribution in [2.75, 3.05) is 49.2 Å². The SMILES string of the molecule is O=C(O)CN(CC(=O)O)c1ccccc1OCCOc1ccccc1N(CC(=O)O)CC(=O)O.[K].[K].[K].[K]. The molecule has 4 radical (unpaired) electrons. The van der Waals surface area contributed by atoms with Gasteiger partial charge in [0.1, 0.15) is 50.9 Å². The molecule has 2 aromatic rings. The first kappa shape index (κ1) is 44.5. The first-order valence-electron chi connectivity index (χ1n) is 9.98. The number of hydrogen-bond donors (Lipinski definition) is 4. The van der Waals surface area contributed by atoms with Crippen molar-refractivity contribution in [1.82, 2.24) is 0 Å². The van der Waals surface area contributed by atoms with Gasteiger partial charge in [-0.3, -0.25) is 19.2 Å². The van der Waals surface area contributed by atoms with Gasteiger partial charge in [-0.25, -0.2) is 0 Å². The van der Waals surface area contributed by atoms with E-state index in [0.29, 0.717) is 0 Å². The number of carboxylic acids is 4. The minimum atomic E-state index is -1.21. The van der Waals surface area contributed by atoms with E-state index >= 15 is 0 Å². The molecule has 0 heterocycles. The molecule has 0 fully saturated rings. The van der Waals surface area contributed by atoms with Crippen LogP contribution in [0.4, 0.5) is 11.4 Å². The van der Waals surface area contributed by atoms with Crippen LogP contribution in [0.2, 0.25) is 0 Å². The molecule has 0 unspecified atom stereocenters. The maximum Gasteiger partial charge on any atom is 0.323 e. The van der Waals surface area contributed by atoms with Crippen molar-refractivity contribution in [3.05, 3.63) is 48.5 Å². The molecule has 4 N–H and O–H groups in total. The Morgan fingerprint density at radius 1 is 0.526 bits per heavy atom. The first-order chi connectivity index (χ1) is 16.2. The van der Waals surface area contributed by atoms with E-state index in [2.05, 4.69) is 0 Å². The maximum absolute atomic E-state index is 11.1. The van der Waals surface area contributed by atoms with Crippen molar-refractivity contribution < 1.29 is 49.1 Å². The Morgan fingerprint density at radius 2 is 0.789 bits per heavy atom. The molecule has 38 heavy (non-hydrogen) atoms. The quantitative estimate of drug-likeness (QED) is 0.148. The first-order valence-corrected chi connectivity index (χ1v) is 9.98. The number of para-hydroxylation sites is 4. The van der Waals surface area contributed by atoms with Crippen molar-refractivity contribution in [2.24, 2.45) is 0 Å². The van der Waals surface area contributed by atoms with E-state index in [-0.39, 0.29) is 242 Å². The fourth-order valence-corrected chi connectivity index (χ4v) is 3.09. The molecule has 2 rings (SSSR count). The number of ether oxygens (including phenoxy) is 2. The normalized spacial score (nSPS) is 9.16. The third-order valence-electron chi connectivity index (χ3n) is 4.31. The second-order valence-corrected chi connectivity index (χ2v) is 6.92. The molecular weight excluding hydrogens is 609 g/mol. The maximum atomic E-state index is 11.1. The van der Waals surface area contributed by atoms with Gasteiger partial charge in [-0.05, 0) is 24.3 Å². The van der Waals surface area contributed by atoms with Gasteiger partial charge in [0.25, 0.3) is 0 Å². The third kappa shape index (κ3) is 17.2. The number of nitrogens with zero attached hydrogens (tertiary/aromatic N) is 2. The Balaban J connectivity index is -0.00000306. The summed E-state index contributed by atoms with van der Waals surface area (Å²) in [7, 11) is 0. The van der Waals surface area contributed by atoms with E-state index in [0.717, 1.165) is 9.80 Å². The molecule has 0 saturated heterocycles. The second kappa shape index (κ2) is 24.5. The van der Waals surface area contributed by atoms with E-state index in [1.54, 1.807) is 36.4 Å². The molecule has 0 spiro atoms. The van der Waals surface area contributed by atoms with Crippen LogP contribution in [0.5, 0.6) is 11.5 Å². The van der Waals surface area contributed by atoms with Crippen molar-refractivity contribution in [2.45, 2.75) is 0 Å². The van der Waals surface area contributed by atoms with Gasteiger partial charge in [0.05, 0.1) is 11.4 Å². The van der Waals surface area contributed by atoms with Crippen molar-refractivity contribution in [3.63, 3.8) is 0 Å². The summed E-state index contributed by atoms with van der Waals surface area (Å²) < 4.78 is 11.4. The molecule has 0 bridgehead atoms. The Kier molecular flexibility index (Phi) is 28.7. The molecule has 0 atom stereocenters. The molecule has 0 aliphatic heterocycles. The molecule has 2 aromatic carbocycles. The van der Waals surface area contributed by atoms with E-state index in [1.807, 2.05) is 0 Å². The van der Waals surface area contributed by atoms with Gasteiger partial charge in [-0.1, -0.05) is 24.3 Å². The van der Waals surface area contributed by atoms with E-state index < -0.39 is 50.1 Å². The number of aliphatic carboxylic acids is 4. The summed E-state index contributed by atoms with van der Waals surface area (Å²) in [4.78, 5) is 46.9. The summed E-state index contributed by atoms with van der Waals surface area (Å²) in [6.07, 6.45) is 0. The molecule has 16 heteroatoms. The van der Waals surface area contributed by atoms with Gasteiger partial charge in [-0.15, -0.1) is 0 Å². The van der Waals surface area contributed by atoms with Crippen LogP contribution in [0.3, 0.4) is 0 Å². The number of hydrogen-bond acceptors (Lipinski definition) is 8. The zero-order valence-corrected chi connectivity index (χ0v) is 34.5. The van der Waals surface area contributed by atoms with Crippen LogP contribution >= 0.6 is 0 Å². The molecule has 0 aliphatic carbocycles. The third-order valence-corrected chi connectivity index (χ3v) is 4.31. The zero-order chi connectivity index (χ0) is 25.1. The Morgan fingerprint density at radius 3 is 1.05 bits per heavy atom. The summed E-state index contributed by atoms with van der Waals surface area (Å²) in [5.74, 6) is -4.32. The van der Waals surface area contributed by atoms with Crippen LogP contribution in [0.15, 0.2) is 48.5 Å². The number of benzene rings is 2. The molecule has 0 aliphatic rings. The molecule has 0 amide bonds. The Labute approximate surface area is 389 Å². The smallest absolute Gasteiger partial charge is 0.323 e. The number of carbonyl (C=O) groups is 4. The van der Waals surface area contributed by atoms with Gasteiger partial charge in [0.15, 0.2) is 0 Å². The Hall–Kier alpha value is 2.07. The molecule has 186 valence electrons. The predicted molar refractivity (Wildman–Crippen MR) is 142 cm³/mol. The second-order valence-electron chi connectivity index (χ2n) is 6.92. The van der Waals surface area contributed by atoms with Crippen molar-refractivity contribution >= 4 is 241 Å². The minimum Gasteiger partial charge on any atom is -0.488 e. The fraction of sp³-hybridized carbons (Fsp3) is 0.273. The molecular formula is C22H24K4N2O10. The van der Waals surface area contributed by atoms with Crippen LogP contribution in [-0.4, -0.2) is 289 Å². The largest absolute Gasteiger partial charge is 0.488 e. The van der Waals surface area contributed by atoms with Crippen LogP contribution < -0.4 is 19.3 Å². The summed E-state index contributed by atoms with van der Waals surface area (Å²) >= 11 is 0.